The average molecular weight is 435 g/mol. The molecule has 1 aliphatic heterocycles. The summed E-state index contributed by atoms with van der Waals surface area (Å²) in [6.45, 7) is 8.07. The van der Waals surface area contributed by atoms with Crippen LogP contribution in [0.3, 0.4) is 0 Å². The first kappa shape index (κ1) is 21.3. The lowest BCUT2D eigenvalue weighted by atomic mass is 10.2. The van der Waals surface area contributed by atoms with Crippen LogP contribution in [0.5, 0.6) is 0 Å². The second kappa shape index (κ2) is 8.66. The Morgan fingerprint density at radius 1 is 1.16 bits per heavy atom. The van der Waals surface area contributed by atoms with Crippen molar-refractivity contribution < 1.29 is 4.79 Å². The molecule has 0 aromatic carbocycles. The quantitative estimate of drug-likeness (QED) is 0.665. The second-order valence-corrected chi connectivity index (χ2v) is 7.64. The number of nitrogens with zero attached hydrogens (tertiary/aromatic N) is 9. The smallest absolute Gasteiger partial charge is 0.322 e. The number of amides is 2. The number of aryl methyl sites for hydroxylation is 4. The highest BCUT2D eigenvalue weighted by Crippen LogP contribution is 2.26. The highest BCUT2D eigenvalue weighted by atomic mass is 16.2. The van der Waals surface area contributed by atoms with Gasteiger partial charge in [0.15, 0.2) is 5.82 Å². The molecular formula is C21H26N10O. The second-order valence-electron chi connectivity index (χ2n) is 7.64. The molecule has 32 heavy (non-hydrogen) atoms. The monoisotopic (exact) mass is 434 g/mol. The van der Waals surface area contributed by atoms with Gasteiger partial charge in [0.05, 0.1) is 5.69 Å². The minimum Gasteiger partial charge on any atom is -0.353 e. The topological polar surface area (TPSA) is 121 Å². The summed E-state index contributed by atoms with van der Waals surface area (Å²) in [6.07, 6.45) is 0.671. The molecule has 0 unspecified atom stereocenters. The highest BCUT2D eigenvalue weighted by molar-refractivity contribution is 5.92. The first-order chi connectivity index (χ1) is 15.4. The van der Waals surface area contributed by atoms with Crippen molar-refractivity contribution in [3.05, 3.63) is 41.2 Å². The first-order valence-electron chi connectivity index (χ1n) is 10.6. The number of nitrogens with one attached hydrogen (secondary N) is 1. The molecule has 3 aromatic heterocycles. The summed E-state index contributed by atoms with van der Waals surface area (Å²) in [5, 5.41) is 21.2. The number of anilines is 2. The number of rotatable bonds is 4. The Kier molecular flexibility index (Phi) is 5.77. The van der Waals surface area contributed by atoms with Crippen LogP contribution >= 0.6 is 0 Å². The van der Waals surface area contributed by atoms with Gasteiger partial charge in [-0.3, -0.25) is 0 Å². The fourth-order valence-corrected chi connectivity index (χ4v) is 3.90. The van der Waals surface area contributed by atoms with Gasteiger partial charge in [0.25, 0.3) is 0 Å². The predicted molar refractivity (Wildman–Crippen MR) is 119 cm³/mol. The molecule has 0 aliphatic carbocycles. The lowest BCUT2D eigenvalue weighted by Crippen LogP contribution is -2.50. The van der Waals surface area contributed by atoms with Gasteiger partial charge >= 0.3 is 6.03 Å². The minimum atomic E-state index is -0.179. The summed E-state index contributed by atoms with van der Waals surface area (Å²) >= 11 is 0. The van der Waals surface area contributed by atoms with Crippen LogP contribution in [0.2, 0.25) is 0 Å². The first-order valence-corrected chi connectivity index (χ1v) is 10.6. The van der Waals surface area contributed by atoms with E-state index in [1.54, 1.807) is 20.3 Å². The van der Waals surface area contributed by atoms with Gasteiger partial charge < -0.3 is 15.1 Å². The van der Waals surface area contributed by atoms with Crippen molar-refractivity contribution in [1.29, 1.82) is 5.26 Å². The molecule has 4 heterocycles. The van der Waals surface area contributed by atoms with Crippen LogP contribution in [0, 0.1) is 25.2 Å². The number of carbonyl (C=O) groups is 1. The molecule has 0 saturated carbocycles. The summed E-state index contributed by atoms with van der Waals surface area (Å²) in [5.74, 6) is 2.82. The van der Waals surface area contributed by atoms with Crippen molar-refractivity contribution in [3.8, 4) is 11.9 Å². The van der Waals surface area contributed by atoms with Crippen LogP contribution in [-0.2, 0) is 13.5 Å². The van der Waals surface area contributed by atoms with Crippen LogP contribution in [0.1, 0.15) is 30.0 Å². The number of pyridine rings is 1. The van der Waals surface area contributed by atoms with E-state index in [9.17, 15) is 4.79 Å². The SMILES string of the molecule is CCc1nn(C)c(-n2nc(C)nc2C)c1NC(=O)N1CCN(c2cccc(C#N)n2)CC1. The maximum absolute atomic E-state index is 13.1. The average Bonchev–Trinajstić information content (AvgIpc) is 3.30. The van der Waals surface area contributed by atoms with Gasteiger partial charge in [-0.2, -0.15) is 15.0 Å². The Morgan fingerprint density at radius 2 is 1.91 bits per heavy atom. The zero-order valence-electron chi connectivity index (χ0n) is 18.7. The zero-order valence-corrected chi connectivity index (χ0v) is 18.7. The van der Waals surface area contributed by atoms with E-state index in [0.717, 1.165) is 17.3 Å². The number of carbonyl (C=O) groups excluding carboxylic acids is 1. The Labute approximate surface area is 186 Å². The van der Waals surface area contributed by atoms with Crippen LogP contribution in [-0.4, -0.2) is 66.6 Å². The maximum Gasteiger partial charge on any atom is 0.322 e. The largest absolute Gasteiger partial charge is 0.353 e. The molecule has 1 aliphatic rings. The molecule has 1 N–H and O–H groups in total. The van der Waals surface area contributed by atoms with Gasteiger partial charge in [0, 0.05) is 33.2 Å². The maximum atomic E-state index is 13.1. The van der Waals surface area contributed by atoms with Gasteiger partial charge in [-0.05, 0) is 32.4 Å². The molecule has 0 spiro atoms. The predicted octanol–water partition coefficient (Wildman–Crippen LogP) is 1.80. The van der Waals surface area contributed by atoms with E-state index < -0.39 is 0 Å². The number of nitriles is 1. The molecule has 0 atom stereocenters. The molecular weight excluding hydrogens is 408 g/mol. The number of urea groups is 1. The van der Waals surface area contributed by atoms with Crippen molar-refractivity contribution in [1.82, 2.24) is 34.4 Å². The van der Waals surface area contributed by atoms with E-state index in [1.165, 1.54) is 0 Å². The van der Waals surface area contributed by atoms with E-state index in [2.05, 4.69) is 36.5 Å². The van der Waals surface area contributed by atoms with Gasteiger partial charge in [-0.1, -0.05) is 13.0 Å². The van der Waals surface area contributed by atoms with Crippen LogP contribution in [0.15, 0.2) is 18.2 Å². The van der Waals surface area contributed by atoms with E-state index >= 15 is 0 Å². The van der Waals surface area contributed by atoms with Gasteiger partial charge in [-0.15, -0.1) is 5.10 Å². The van der Waals surface area contributed by atoms with E-state index in [0.29, 0.717) is 55.6 Å². The number of hydrogen-bond acceptors (Lipinski definition) is 7. The third-order valence-corrected chi connectivity index (χ3v) is 5.47. The summed E-state index contributed by atoms with van der Waals surface area (Å²) in [4.78, 5) is 25.7. The van der Waals surface area contributed by atoms with Crippen LogP contribution < -0.4 is 10.2 Å². The van der Waals surface area contributed by atoms with E-state index in [4.69, 9.17) is 5.26 Å². The molecule has 1 fully saturated rings. The minimum absolute atomic E-state index is 0.179. The molecule has 1 saturated heterocycles. The van der Waals surface area contributed by atoms with Crippen molar-refractivity contribution in [2.24, 2.45) is 7.05 Å². The Morgan fingerprint density at radius 3 is 2.53 bits per heavy atom. The lowest BCUT2D eigenvalue weighted by molar-refractivity contribution is 0.208. The third-order valence-electron chi connectivity index (χ3n) is 5.47. The van der Waals surface area contributed by atoms with E-state index in [1.807, 2.05) is 40.0 Å². The normalized spacial score (nSPS) is 13.8. The van der Waals surface area contributed by atoms with E-state index in [-0.39, 0.29) is 6.03 Å². The molecule has 11 nitrogen and oxygen atoms in total. The molecule has 166 valence electrons. The molecule has 0 bridgehead atoms. The molecule has 11 heteroatoms. The van der Waals surface area contributed by atoms with Gasteiger partial charge in [0.2, 0.25) is 0 Å². The standard InChI is InChI=1S/C21H26N10O/c1-5-17-19(20(28(4)27-17)31-15(3)23-14(2)26-31)25-21(32)30-11-9-29(10-12-30)18-8-6-7-16(13-22)24-18/h6-8H,5,9-12H2,1-4H3,(H,25,32). The van der Waals surface area contributed by atoms with Crippen molar-refractivity contribution in [2.45, 2.75) is 27.2 Å². The van der Waals surface area contributed by atoms with Crippen LogP contribution in [0.25, 0.3) is 5.82 Å². The summed E-state index contributed by atoms with van der Waals surface area (Å²) in [5.41, 5.74) is 1.83. The lowest BCUT2D eigenvalue weighted by Gasteiger charge is -2.35. The highest BCUT2D eigenvalue weighted by Gasteiger charge is 2.26. The number of hydrogen-bond donors (Lipinski definition) is 1. The number of piperazine rings is 1. The molecule has 0 radical (unpaired) electrons. The van der Waals surface area contributed by atoms with Gasteiger partial charge in [-0.25, -0.2) is 19.4 Å². The Bertz CT molecular complexity index is 1180. The Balaban J connectivity index is 1.50. The van der Waals surface area contributed by atoms with Crippen molar-refractivity contribution in [3.63, 3.8) is 0 Å². The Hall–Kier alpha value is -3.94. The molecule has 4 rings (SSSR count). The van der Waals surface area contributed by atoms with Crippen molar-refractivity contribution >= 4 is 17.5 Å². The number of aromatic nitrogens is 6. The van der Waals surface area contributed by atoms with Gasteiger partial charge in [0.1, 0.15) is 34.9 Å². The summed E-state index contributed by atoms with van der Waals surface area (Å²) in [6, 6.07) is 7.28. The molecule has 2 amide bonds. The van der Waals surface area contributed by atoms with Crippen LogP contribution in [0.4, 0.5) is 16.3 Å². The van der Waals surface area contributed by atoms with Crippen molar-refractivity contribution in [2.75, 3.05) is 36.4 Å². The molecule has 3 aromatic rings. The zero-order chi connectivity index (χ0) is 22.8. The fourth-order valence-electron chi connectivity index (χ4n) is 3.90. The third kappa shape index (κ3) is 3.99. The summed E-state index contributed by atoms with van der Waals surface area (Å²) in [7, 11) is 1.84. The summed E-state index contributed by atoms with van der Waals surface area (Å²) < 4.78 is 3.43. The fraction of sp³-hybridized carbons (Fsp3) is 0.429.